The number of carbonyl (C=O) groups excluding carboxylic acids is 2. The van der Waals surface area contributed by atoms with Gasteiger partial charge in [0.25, 0.3) is 5.91 Å². The Kier molecular flexibility index (Phi) is 4.44. The number of fused-ring (bicyclic) bond motifs is 1. The SMILES string of the molecule is CNC(=O)C1CN(C(=O)c2cc(OC)ccc2Cl)Cc2ccnn21. The van der Waals surface area contributed by atoms with Gasteiger partial charge in [0.15, 0.2) is 0 Å². The molecule has 1 atom stereocenters. The lowest BCUT2D eigenvalue weighted by molar-refractivity contribution is -0.125. The largest absolute Gasteiger partial charge is 0.497 e. The highest BCUT2D eigenvalue weighted by molar-refractivity contribution is 6.33. The van der Waals surface area contributed by atoms with Crippen LogP contribution in [0.25, 0.3) is 0 Å². The topological polar surface area (TPSA) is 76.5 Å². The fraction of sp³-hybridized carbons (Fsp3) is 0.312. The maximum absolute atomic E-state index is 12.9. The Balaban J connectivity index is 1.93. The first-order valence-electron chi connectivity index (χ1n) is 7.42. The minimum Gasteiger partial charge on any atom is -0.497 e. The molecule has 24 heavy (non-hydrogen) atoms. The molecule has 126 valence electrons. The molecule has 0 radical (unpaired) electrons. The summed E-state index contributed by atoms with van der Waals surface area (Å²) in [6.07, 6.45) is 1.62. The van der Waals surface area contributed by atoms with Gasteiger partial charge < -0.3 is 15.0 Å². The number of hydrogen-bond acceptors (Lipinski definition) is 4. The third kappa shape index (κ3) is 2.82. The van der Waals surface area contributed by atoms with Crippen LogP contribution in [0.5, 0.6) is 5.75 Å². The number of aromatic nitrogens is 2. The summed E-state index contributed by atoms with van der Waals surface area (Å²) in [5, 5.41) is 7.14. The summed E-state index contributed by atoms with van der Waals surface area (Å²) < 4.78 is 6.81. The Morgan fingerprint density at radius 2 is 2.17 bits per heavy atom. The van der Waals surface area contributed by atoms with Gasteiger partial charge in [-0.15, -0.1) is 0 Å². The van der Waals surface area contributed by atoms with E-state index >= 15 is 0 Å². The lowest BCUT2D eigenvalue weighted by atomic mass is 10.1. The zero-order valence-corrected chi connectivity index (χ0v) is 14.1. The predicted octanol–water partition coefficient (Wildman–Crippen LogP) is 1.49. The highest BCUT2D eigenvalue weighted by Gasteiger charge is 2.33. The molecule has 2 heterocycles. The molecule has 2 aromatic rings. The Hall–Kier alpha value is -2.54. The molecular formula is C16H17ClN4O3. The van der Waals surface area contributed by atoms with Crippen LogP contribution in [-0.2, 0) is 11.3 Å². The van der Waals surface area contributed by atoms with Gasteiger partial charge in [0.05, 0.1) is 36.5 Å². The minimum atomic E-state index is -0.568. The van der Waals surface area contributed by atoms with E-state index in [-0.39, 0.29) is 18.4 Å². The van der Waals surface area contributed by atoms with Crippen molar-refractivity contribution < 1.29 is 14.3 Å². The Morgan fingerprint density at radius 3 is 2.88 bits per heavy atom. The Bertz CT molecular complexity index is 789. The van der Waals surface area contributed by atoms with Crippen LogP contribution in [0.3, 0.4) is 0 Å². The molecule has 0 bridgehead atoms. The molecule has 1 N–H and O–H groups in total. The lowest BCUT2D eigenvalue weighted by Crippen LogP contribution is -2.46. The van der Waals surface area contributed by atoms with Crippen molar-refractivity contribution in [2.75, 3.05) is 20.7 Å². The van der Waals surface area contributed by atoms with Crippen LogP contribution in [0.15, 0.2) is 30.5 Å². The first kappa shape index (κ1) is 16.3. The molecule has 3 rings (SSSR count). The van der Waals surface area contributed by atoms with Crippen molar-refractivity contribution in [2.45, 2.75) is 12.6 Å². The van der Waals surface area contributed by atoms with Crippen LogP contribution < -0.4 is 10.1 Å². The summed E-state index contributed by atoms with van der Waals surface area (Å²) in [7, 11) is 3.09. The molecule has 1 aliphatic heterocycles. The smallest absolute Gasteiger partial charge is 0.255 e. The van der Waals surface area contributed by atoms with E-state index in [9.17, 15) is 9.59 Å². The third-order valence-electron chi connectivity index (χ3n) is 4.03. The van der Waals surface area contributed by atoms with Crippen LogP contribution >= 0.6 is 11.6 Å². The predicted molar refractivity (Wildman–Crippen MR) is 88.1 cm³/mol. The van der Waals surface area contributed by atoms with Gasteiger partial charge in [-0.2, -0.15) is 5.10 Å². The first-order valence-corrected chi connectivity index (χ1v) is 7.79. The quantitative estimate of drug-likeness (QED) is 0.911. The van der Waals surface area contributed by atoms with Gasteiger partial charge in [-0.25, -0.2) is 0 Å². The normalized spacial score (nSPS) is 16.5. The maximum atomic E-state index is 12.9. The van der Waals surface area contributed by atoms with Gasteiger partial charge in [-0.3, -0.25) is 14.3 Å². The van der Waals surface area contributed by atoms with E-state index in [1.54, 1.807) is 47.1 Å². The fourth-order valence-corrected chi connectivity index (χ4v) is 2.97. The maximum Gasteiger partial charge on any atom is 0.255 e. The number of benzene rings is 1. The van der Waals surface area contributed by atoms with Gasteiger partial charge in [0.2, 0.25) is 5.91 Å². The molecule has 7 nitrogen and oxygen atoms in total. The van der Waals surface area contributed by atoms with Gasteiger partial charge in [-0.1, -0.05) is 11.6 Å². The number of nitrogens with one attached hydrogen (secondary N) is 1. The number of amides is 2. The van der Waals surface area contributed by atoms with Crippen molar-refractivity contribution in [3.63, 3.8) is 0 Å². The molecule has 0 aliphatic carbocycles. The summed E-state index contributed by atoms with van der Waals surface area (Å²) in [5.74, 6) is 0.0992. The van der Waals surface area contributed by atoms with E-state index in [2.05, 4.69) is 10.4 Å². The standard InChI is InChI=1S/C16H17ClN4O3/c1-18-15(22)14-9-20(8-10-5-6-19-21(10)14)16(23)12-7-11(24-2)3-4-13(12)17/h3-7,14H,8-9H2,1-2H3,(H,18,22). The third-order valence-corrected chi connectivity index (χ3v) is 4.36. The summed E-state index contributed by atoms with van der Waals surface area (Å²) in [6.45, 7) is 0.584. The van der Waals surface area contributed by atoms with Crippen LogP contribution in [0.4, 0.5) is 0 Å². The second-order valence-corrected chi connectivity index (χ2v) is 5.84. The molecule has 0 saturated heterocycles. The molecule has 8 heteroatoms. The van der Waals surface area contributed by atoms with Crippen molar-refractivity contribution in [2.24, 2.45) is 0 Å². The summed E-state index contributed by atoms with van der Waals surface area (Å²) in [6, 6.07) is 6.14. The lowest BCUT2D eigenvalue weighted by Gasteiger charge is -2.33. The Morgan fingerprint density at radius 1 is 1.38 bits per heavy atom. The molecular weight excluding hydrogens is 332 g/mol. The average Bonchev–Trinajstić information content (AvgIpc) is 3.08. The molecule has 2 amide bonds. The van der Waals surface area contributed by atoms with E-state index in [0.717, 1.165) is 5.69 Å². The van der Waals surface area contributed by atoms with Gasteiger partial charge in [0, 0.05) is 13.2 Å². The van der Waals surface area contributed by atoms with Crippen molar-refractivity contribution >= 4 is 23.4 Å². The summed E-state index contributed by atoms with van der Waals surface area (Å²) in [4.78, 5) is 26.6. The van der Waals surface area contributed by atoms with E-state index in [4.69, 9.17) is 16.3 Å². The summed E-state index contributed by atoms with van der Waals surface area (Å²) in [5.41, 5.74) is 1.14. The fourth-order valence-electron chi connectivity index (χ4n) is 2.77. The number of methoxy groups -OCH3 is 1. The number of rotatable bonds is 3. The molecule has 0 saturated carbocycles. The van der Waals surface area contributed by atoms with E-state index in [0.29, 0.717) is 22.9 Å². The Labute approximate surface area is 144 Å². The molecule has 1 aromatic carbocycles. The summed E-state index contributed by atoms with van der Waals surface area (Å²) >= 11 is 6.17. The molecule has 1 aliphatic rings. The molecule has 0 fully saturated rings. The van der Waals surface area contributed by atoms with Gasteiger partial charge in [0.1, 0.15) is 11.8 Å². The second-order valence-electron chi connectivity index (χ2n) is 5.43. The number of hydrogen-bond donors (Lipinski definition) is 1. The number of ether oxygens (including phenoxy) is 1. The monoisotopic (exact) mass is 348 g/mol. The first-order chi connectivity index (χ1) is 11.5. The van der Waals surface area contributed by atoms with Crippen LogP contribution in [-0.4, -0.2) is 47.2 Å². The number of nitrogens with zero attached hydrogens (tertiary/aromatic N) is 3. The van der Waals surface area contributed by atoms with E-state index < -0.39 is 6.04 Å². The van der Waals surface area contributed by atoms with Crippen molar-refractivity contribution in [1.82, 2.24) is 20.0 Å². The van der Waals surface area contributed by atoms with Crippen molar-refractivity contribution in [3.05, 3.63) is 46.7 Å². The van der Waals surface area contributed by atoms with Crippen molar-refractivity contribution in [1.29, 1.82) is 0 Å². The van der Waals surface area contributed by atoms with E-state index in [1.807, 2.05) is 0 Å². The molecule has 0 spiro atoms. The van der Waals surface area contributed by atoms with Crippen LogP contribution in [0, 0.1) is 0 Å². The highest BCUT2D eigenvalue weighted by Crippen LogP contribution is 2.27. The zero-order chi connectivity index (χ0) is 17.3. The number of halogens is 1. The van der Waals surface area contributed by atoms with Gasteiger partial charge in [-0.05, 0) is 24.3 Å². The van der Waals surface area contributed by atoms with Crippen LogP contribution in [0.1, 0.15) is 22.1 Å². The van der Waals surface area contributed by atoms with E-state index in [1.165, 1.54) is 7.11 Å². The second kappa shape index (κ2) is 6.52. The highest BCUT2D eigenvalue weighted by atomic mass is 35.5. The van der Waals surface area contributed by atoms with Gasteiger partial charge >= 0.3 is 0 Å². The number of likely N-dealkylation sites (N-methyl/N-ethyl adjacent to an activating group) is 1. The minimum absolute atomic E-state index is 0.200. The number of carbonyl (C=O) groups is 2. The zero-order valence-electron chi connectivity index (χ0n) is 13.3. The molecule has 1 aromatic heterocycles. The molecule has 1 unspecified atom stereocenters. The average molecular weight is 349 g/mol. The van der Waals surface area contributed by atoms with Crippen molar-refractivity contribution in [3.8, 4) is 5.75 Å². The van der Waals surface area contributed by atoms with Crippen LogP contribution in [0.2, 0.25) is 5.02 Å².